The van der Waals surface area contributed by atoms with Crippen molar-refractivity contribution in [2.75, 3.05) is 18.0 Å². The van der Waals surface area contributed by atoms with E-state index in [1.807, 2.05) is 30.4 Å². The lowest BCUT2D eigenvalue weighted by Gasteiger charge is -2.19. The van der Waals surface area contributed by atoms with E-state index in [2.05, 4.69) is 53.4 Å². The first-order chi connectivity index (χ1) is 12.3. The minimum absolute atomic E-state index is 0.542. The Kier molecular flexibility index (Phi) is 4.34. The Labute approximate surface area is 149 Å². The molecule has 1 aliphatic carbocycles. The Balaban J connectivity index is 1.76. The van der Waals surface area contributed by atoms with Crippen molar-refractivity contribution in [1.29, 1.82) is 5.41 Å². The van der Waals surface area contributed by atoms with Gasteiger partial charge >= 0.3 is 0 Å². The fourth-order valence-electron chi connectivity index (χ4n) is 3.56. The molecule has 2 aromatic rings. The number of hydrogen-bond donors (Lipinski definition) is 1. The monoisotopic (exact) mass is 326 g/mol. The first-order valence-corrected chi connectivity index (χ1v) is 8.91. The molecule has 4 rings (SSSR count). The summed E-state index contributed by atoms with van der Waals surface area (Å²) in [4.78, 5) is 2.46. The number of nitrogens with zero attached hydrogens (tertiary/aromatic N) is 1. The van der Waals surface area contributed by atoms with E-state index in [-0.39, 0.29) is 0 Å². The van der Waals surface area contributed by atoms with Gasteiger partial charge in [0.15, 0.2) is 0 Å². The summed E-state index contributed by atoms with van der Waals surface area (Å²) < 4.78 is 0. The van der Waals surface area contributed by atoms with Crippen LogP contribution in [0.5, 0.6) is 0 Å². The Morgan fingerprint density at radius 1 is 0.720 bits per heavy atom. The first kappa shape index (κ1) is 15.6. The predicted molar refractivity (Wildman–Crippen MR) is 106 cm³/mol. The molecule has 0 atom stereocenters. The number of nitrogens with one attached hydrogen (secondary N) is 1. The number of anilines is 1. The van der Waals surface area contributed by atoms with Crippen LogP contribution in [0.3, 0.4) is 0 Å². The van der Waals surface area contributed by atoms with E-state index >= 15 is 0 Å². The Morgan fingerprint density at radius 2 is 1.32 bits per heavy atom. The van der Waals surface area contributed by atoms with E-state index in [1.54, 1.807) is 0 Å². The normalized spacial score (nSPS) is 16.6. The standard InChI is InChI=1S/C23H22N2/c24-21-12-8-19(9-13-21)23(18-6-2-1-3-7-18)20-10-14-22(15-11-20)25-16-4-5-17-25/h1-3,6-15,24H,4-5,16-17H2. The minimum Gasteiger partial charge on any atom is -0.372 e. The van der Waals surface area contributed by atoms with E-state index in [0.717, 1.165) is 5.57 Å². The molecule has 0 spiro atoms. The zero-order valence-corrected chi connectivity index (χ0v) is 14.3. The molecule has 1 fully saturated rings. The molecule has 0 saturated carbocycles. The highest BCUT2D eigenvalue weighted by Crippen LogP contribution is 2.31. The summed E-state index contributed by atoms with van der Waals surface area (Å²) in [6.07, 6.45) is 10.4. The molecule has 1 aliphatic heterocycles. The van der Waals surface area contributed by atoms with Crippen molar-refractivity contribution < 1.29 is 0 Å². The molecular formula is C23H22N2. The molecule has 2 aromatic carbocycles. The average molecular weight is 326 g/mol. The lowest BCUT2D eigenvalue weighted by atomic mass is 9.91. The van der Waals surface area contributed by atoms with Crippen LogP contribution >= 0.6 is 0 Å². The highest BCUT2D eigenvalue weighted by atomic mass is 15.1. The fourth-order valence-corrected chi connectivity index (χ4v) is 3.56. The van der Waals surface area contributed by atoms with Gasteiger partial charge in [-0.1, -0.05) is 54.6 Å². The Morgan fingerprint density at radius 3 is 1.96 bits per heavy atom. The lowest BCUT2D eigenvalue weighted by molar-refractivity contribution is 0.949. The molecular weight excluding hydrogens is 304 g/mol. The van der Waals surface area contributed by atoms with Crippen molar-refractivity contribution in [3.05, 3.63) is 95.6 Å². The molecule has 1 N–H and O–H groups in total. The van der Waals surface area contributed by atoms with Gasteiger partial charge in [-0.25, -0.2) is 0 Å². The van der Waals surface area contributed by atoms with Gasteiger partial charge < -0.3 is 10.3 Å². The molecule has 25 heavy (non-hydrogen) atoms. The van der Waals surface area contributed by atoms with Crippen molar-refractivity contribution in [2.45, 2.75) is 12.8 Å². The van der Waals surface area contributed by atoms with Crippen molar-refractivity contribution in [3.8, 4) is 0 Å². The maximum atomic E-state index is 7.75. The molecule has 2 aliphatic rings. The number of benzene rings is 2. The molecule has 1 heterocycles. The topological polar surface area (TPSA) is 27.1 Å². The molecule has 1 saturated heterocycles. The number of hydrogen-bond acceptors (Lipinski definition) is 2. The molecule has 0 radical (unpaired) electrons. The highest BCUT2D eigenvalue weighted by Gasteiger charge is 2.14. The van der Waals surface area contributed by atoms with Gasteiger partial charge in [-0.2, -0.15) is 0 Å². The van der Waals surface area contributed by atoms with Gasteiger partial charge in [0.05, 0.1) is 5.71 Å². The largest absolute Gasteiger partial charge is 0.372 e. The van der Waals surface area contributed by atoms with Crippen molar-refractivity contribution in [3.63, 3.8) is 0 Å². The molecule has 0 unspecified atom stereocenters. The van der Waals surface area contributed by atoms with Crippen LogP contribution in [0.2, 0.25) is 0 Å². The van der Waals surface area contributed by atoms with Gasteiger partial charge in [-0.3, -0.25) is 0 Å². The minimum atomic E-state index is 0.542. The van der Waals surface area contributed by atoms with Gasteiger partial charge in [0, 0.05) is 18.8 Å². The lowest BCUT2D eigenvalue weighted by Crippen LogP contribution is -2.17. The van der Waals surface area contributed by atoms with E-state index < -0.39 is 0 Å². The summed E-state index contributed by atoms with van der Waals surface area (Å²) in [5.41, 5.74) is 6.64. The third kappa shape index (κ3) is 3.34. The van der Waals surface area contributed by atoms with Crippen LogP contribution in [0.25, 0.3) is 5.57 Å². The van der Waals surface area contributed by atoms with Crippen LogP contribution in [-0.2, 0) is 0 Å². The number of allylic oxidation sites excluding steroid dienone is 5. The van der Waals surface area contributed by atoms with Gasteiger partial charge in [0.25, 0.3) is 0 Å². The Hall–Kier alpha value is -2.87. The van der Waals surface area contributed by atoms with Crippen LogP contribution in [0, 0.1) is 5.41 Å². The van der Waals surface area contributed by atoms with Crippen LogP contribution in [0.4, 0.5) is 5.69 Å². The van der Waals surface area contributed by atoms with Crippen LogP contribution in [0.15, 0.2) is 84.5 Å². The van der Waals surface area contributed by atoms with E-state index in [9.17, 15) is 0 Å². The van der Waals surface area contributed by atoms with Crippen molar-refractivity contribution in [1.82, 2.24) is 0 Å². The smallest absolute Gasteiger partial charge is 0.0540 e. The molecule has 124 valence electrons. The van der Waals surface area contributed by atoms with Gasteiger partial charge in [0.1, 0.15) is 0 Å². The molecule has 2 nitrogen and oxygen atoms in total. The fraction of sp³-hybridized carbons (Fsp3) is 0.174. The maximum Gasteiger partial charge on any atom is 0.0540 e. The van der Waals surface area contributed by atoms with Crippen molar-refractivity contribution >= 4 is 17.0 Å². The summed E-state index contributed by atoms with van der Waals surface area (Å²) in [6, 6.07) is 19.4. The number of rotatable bonds is 3. The highest BCUT2D eigenvalue weighted by molar-refractivity contribution is 6.05. The van der Waals surface area contributed by atoms with Crippen LogP contribution < -0.4 is 4.90 Å². The summed E-state index contributed by atoms with van der Waals surface area (Å²) in [6.45, 7) is 2.33. The summed E-state index contributed by atoms with van der Waals surface area (Å²) in [5.74, 6) is 0. The van der Waals surface area contributed by atoms with Gasteiger partial charge in [-0.05, 0) is 59.4 Å². The molecule has 0 bridgehead atoms. The third-order valence-corrected chi connectivity index (χ3v) is 4.86. The third-order valence-electron chi connectivity index (χ3n) is 4.86. The summed E-state index contributed by atoms with van der Waals surface area (Å²) in [7, 11) is 0. The SMILES string of the molecule is N=C1C=CC(=C(c2ccccc2)c2ccc(N3CCCC3)cc2)C=C1. The second-order valence-corrected chi connectivity index (χ2v) is 6.56. The summed E-state index contributed by atoms with van der Waals surface area (Å²) in [5, 5.41) is 7.75. The summed E-state index contributed by atoms with van der Waals surface area (Å²) >= 11 is 0. The molecule has 2 heteroatoms. The van der Waals surface area contributed by atoms with Gasteiger partial charge in [-0.15, -0.1) is 0 Å². The molecule has 0 amide bonds. The maximum absolute atomic E-state index is 7.75. The second kappa shape index (κ2) is 6.94. The zero-order valence-electron chi connectivity index (χ0n) is 14.3. The quantitative estimate of drug-likeness (QED) is 0.821. The average Bonchev–Trinajstić information content (AvgIpc) is 3.20. The first-order valence-electron chi connectivity index (χ1n) is 8.91. The second-order valence-electron chi connectivity index (χ2n) is 6.56. The van der Waals surface area contributed by atoms with E-state index in [0.29, 0.717) is 5.71 Å². The van der Waals surface area contributed by atoms with Gasteiger partial charge in [0.2, 0.25) is 0 Å². The zero-order chi connectivity index (χ0) is 17.1. The van der Waals surface area contributed by atoms with Crippen molar-refractivity contribution in [2.24, 2.45) is 0 Å². The predicted octanol–water partition coefficient (Wildman–Crippen LogP) is 5.23. The van der Waals surface area contributed by atoms with E-state index in [1.165, 1.54) is 48.3 Å². The Bertz CT molecular complexity index is 831. The van der Waals surface area contributed by atoms with Crippen LogP contribution in [-0.4, -0.2) is 18.8 Å². The van der Waals surface area contributed by atoms with Crippen LogP contribution in [0.1, 0.15) is 24.0 Å². The van der Waals surface area contributed by atoms with E-state index in [4.69, 9.17) is 5.41 Å². The molecule has 0 aromatic heterocycles.